The van der Waals surface area contributed by atoms with E-state index in [1.54, 1.807) is 36.4 Å². The molecule has 182 valence electrons. The number of amidine groups is 1. The molecule has 0 aromatic heterocycles. The summed E-state index contributed by atoms with van der Waals surface area (Å²) in [4.78, 5) is 28.5. The first-order valence-electron chi connectivity index (χ1n) is 12.1. The van der Waals surface area contributed by atoms with Crippen molar-refractivity contribution in [2.24, 2.45) is 0 Å². The summed E-state index contributed by atoms with van der Waals surface area (Å²) >= 11 is 6.17. The van der Waals surface area contributed by atoms with Gasteiger partial charge in [0.1, 0.15) is 0 Å². The van der Waals surface area contributed by atoms with Gasteiger partial charge in [0.05, 0.1) is 43.0 Å². The van der Waals surface area contributed by atoms with Gasteiger partial charge in [0.15, 0.2) is 0 Å². The fourth-order valence-electron chi connectivity index (χ4n) is 4.30. The van der Waals surface area contributed by atoms with Crippen LogP contribution in [0.4, 0.5) is 11.4 Å². The van der Waals surface area contributed by atoms with Crippen LogP contribution in [0, 0.1) is 0 Å². The van der Waals surface area contributed by atoms with Gasteiger partial charge < -0.3 is 10.6 Å². The summed E-state index contributed by atoms with van der Waals surface area (Å²) in [6.45, 7) is 8.05. The van der Waals surface area contributed by atoms with Crippen LogP contribution in [0.5, 0.6) is 0 Å². The SMILES string of the molecule is C=Cc1ccc(NC(=O)c2cc(Cl)ccc2NC(=O)c2ccc(C(N3CCC3)=[N+]3CCC3)cc2)cc1. The molecule has 2 amide bonds. The van der Waals surface area contributed by atoms with Gasteiger partial charge in [-0.3, -0.25) is 19.1 Å². The average Bonchev–Trinajstić information content (AvgIpc) is 2.83. The fourth-order valence-corrected chi connectivity index (χ4v) is 4.47. The van der Waals surface area contributed by atoms with Crippen molar-refractivity contribution in [2.75, 3.05) is 36.8 Å². The van der Waals surface area contributed by atoms with E-state index in [1.165, 1.54) is 18.7 Å². The maximum Gasteiger partial charge on any atom is 0.279 e. The van der Waals surface area contributed by atoms with Crippen LogP contribution in [0.25, 0.3) is 6.08 Å². The Morgan fingerprint density at radius 2 is 1.56 bits per heavy atom. The second-order valence-corrected chi connectivity index (χ2v) is 9.44. The lowest BCUT2D eigenvalue weighted by Crippen LogP contribution is -2.49. The molecular formula is C29H28ClN4O2+. The molecule has 0 spiro atoms. The van der Waals surface area contributed by atoms with Crippen LogP contribution in [0.3, 0.4) is 0 Å². The molecule has 2 aliphatic heterocycles. The molecule has 2 saturated heterocycles. The van der Waals surface area contributed by atoms with E-state index in [9.17, 15) is 9.59 Å². The Morgan fingerprint density at radius 3 is 2.14 bits per heavy atom. The van der Waals surface area contributed by atoms with Gasteiger partial charge in [0, 0.05) is 29.1 Å². The second-order valence-electron chi connectivity index (χ2n) is 9.01. The van der Waals surface area contributed by atoms with Gasteiger partial charge in [-0.15, -0.1) is 0 Å². The molecular weight excluding hydrogens is 472 g/mol. The van der Waals surface area contributed by atoms with Crippen LogP contribution in [0.15, 0.2) is 73.3 Å². The zero-order valence-corrected chi connectivity index (χ0v) is 20.7. The summed E-state index contributed by atoms with van der Waals surface area (Å²) in [5.41, 5.74) is 3.91. The predicted octanol–water partition coefficient (Wildman–Crippen LogP) is 5.36. The predicted molar refractivity (Wildman–Crippen MR) is 145 cm³/mol. The summed E-state index contributed by atoms with van der Waals surface area (Å²) in [6.07, 6.45) is 4.17. The summed E-state index contributed by atoms with van der Waals surface area (Å²) in [7, 11) is 0. The van der Waals surface area contributed by atoms with Crippen molar-refractivity contribution in [1.82, 2.24) is 4.90 Å². The number of carbonyl (C=O) groups excluding carboxylic acids is 2. The molecule has 2 aliphatic rings. The summed E-state index contributed by atoms with van der Waals surface area (Å²) < 4.78 is 2.40. The highest BCUT2D eigenvalue weighted by Gasteiger charge is 2.32. The maximum atomic E-state index is 13.1. The number of hydrogen-bond acceptors (Lipinski definition) is 2. The van der Waals surface area contributed by atoms with E-state index in [2.05, 4.69) is 26.7 Å². The number of nitrogens with one attached hydrogen (secondary N) is 2. The smallest absolute Gasteiger partial charge is 0.279 e. The van der Waals surface area contributed by atoms with Gasteiger partial charge in [-0.25, -0.2) is 0 Å². The lowest BCUT2D eigenvalue weighted by atomic mass is 10.1. The number of carbonyl (C=O) groups is 2. The minimum atomic E-state index is -0.363. The number of benzene rings is 3. The van der Waals surface area contributed by atoms with Crippen LogP contribution in [0.2, 0.25) is 5.02 Å². The third-order valence-corrected chi connectivity index (χ3v) is 6.83. The molecule has 2 heterocycles. The first-order valence-corrected chi connectivity index (χ1v) is 12.5. The molecule has 3 aromatic rings. The van der Waals surface area contributed by atoms with Gasteiger partial charge in [-0.2, -0.15) is 0 Å². The number of nitrogens with zero attached hydrogens (tertiary/aromatic N) is 2. The molecule has 0 aliphatic carbocycles. The topological polar surface area (TPSA) is 64.5 Å². The lowest BCUT2D eigenvalue weighted by molar-refractivity contribution is -0.587. The van der Waals surface area contributed by atoms with Crippen molar-refractivity contribution < 1.29 is 14.2 Å². The first kappa shape index (κ1) is 23.8. The minimum absolute atomic E-state index is 0.284. The molecule has 6 nitrogen and oxygen atoms in total. The third-order valence-electron chi connectivity index (χ3n) is 6.60. The molecule has 0 unspecified atom stereocenters. The van der Waals surface area contributed by atoms with Gasteiger partial charge in [-0.1, -0.05) is 36.4 Å². The number of anilines is 2. The van der Waals surface area contributed by atoms with Crippen molar-refractivity contribution in [3.63, 3.8) is 0 Å². The molecule has 0 radical (unpaired) electrons. The molecule has 36 heavy (non-hydrogen) atoms. The van der Waals surface area contributed by atoms with Crippen LogP contribution in [-0.4, -0.2) is 53.3 Å². The quantitative estimate of drug-likeness (QED) is 0.354. The Labute approximate surface area is 215 Å². The highest BCUT2D eigenvalue weighted by atomic mass is 35.5. The molecule has 5 rings (SSSR count). The largest absolute Gasteiger partial charge is 0.322 e. The van der Waals surface area contributed by atoms with Crippen molar-refractivity contribution in [3.05, 3.63) is 101 Å². The van der Waals surface area contributed by atoms with Crippen LogP contribution >= 0.6 is 11.6 Å². The Balaban J connectivity index is 1.32. The highest BCUT2D eigenvalue weighted by Crippen LogP contribution is 2.24. The summed E-state index contributed by atoms with van der Waals surface area (Å²) in [5, 5.41) is 6.14. The van der Waals surface area contributed by atoms with Gasteiger partial charge in [-0.05, 0) is 60.2 Å². The van der Waals surface area contributed by atoms with Crippen molar-refractivity contribution in [3.8, 4) is 0 Å². The Hall–Kier alpha value is -3.90. The zero-order valence-electron chi connectivity index (χ0n) is 20.0. The van der Waals surface area contributed by atoms with E-state index in [0.29, 0.717) is 22.0 Å². The highest BCUT2D eigenvalue weighted by molar-refractivity contribution is 6.31. The number of halogens is 1. The minimum Gasteiger partial charge on any atom is -0.322 e. The molecule has 0 atom stereocenters. The molecule has 0 saturated carbocycles. The van der Waals surface area contributed by atoms with E-state index in [4.69, 9.17) is 11.6 Å². The number of likely N-dealkylation sites (tertiary alicyclic amines) is 1. The fraction of sp³-hybridized carbons (Fsp3) is 0.207. The average molecular weight is 500 g/mol. The molecule has 2 N–H and O–H groups in total. The molecule has 3 aromatic carbocycles. The number of hydrogen-bond donors (Lipinski definition) is 2. The third kappa shape index (κ3) is 5.04. The molecule has 7 heteroatoms. The standard InChI is InChI=1S/C29H27ClN4O2/c1-2-20-5-12-24(13-6-20)31-28(36)25-19-23(30)11-14-26(25)32-27(35)21-7-9-22(10-8-21)29(33-15-3-16-33)34-17-4-18-34/h2,5-14,19H,1,3-4,15-18H2,(H-,31,32,35,36)/p+1. The Bertz CT molecular complexity index is 1340. The van der Waals surface area contributed by atoms with Crippen LogP contribution in [0.1, 0.15) is 44.7 Å². The van der Waals surface area contributed by atoms with Crippen molar-refractivity contribution in [2.45, 2.75) is 12.8 Å². The lowest BCUT2D eigenvalue weighted by Gasteiger charge is -2.31. The van der Waals surface area contributed by atoms with E-state index in [0.717, 1.165) is 37.3 Å². The molecule has 2 fully saturated rings. The summed E-state index contributed by atoms with van der Waals surface area (Å²) in [6, 6.07) is 19.8. The number of rotatable bonds is 6. The first-order chi connectivity index (χ1) is 17.5. The Morgan fingerprint density at radius 1 is 0.861 bits per heavy atom. The summed E-state index contributed by atoms with van der Waals surface area (Å²) in [5.74, 6) is 0.609. The number of amides is 2. The van der Waals surface area contributed by atoms with Gasteiger partial charge in [0.2, 0.25) is 0 Å². The van der Waals surface area contributed by atoms with Crippen molar-refractivity contribution in [1.29, 1.82) is 0 Å². The van der Waals surface area contributed by atoms with E-state index in [1.807, 2.05) is 36.4 Å². The second kappa shape index (κ2) is 10.4. The van der Waals surface area contributed by atoms with E-state index >= 15 is 0 Å². The molecule has 0 bridgehead atoms. The van der Waals surface area contributed by atoms with Crippen LogP contribution in [-0.2, 0) is 0 Å². The maximum absolute atomic E-state index is 13.1. The van der Waals surface area contributed by atoms with Gasteiger partial charge >= 0.3 is 0 Å². The normalized spacial score (nSPS) is 14.4. The van der Waals surface area contributed by atoms with E-state index in [-0.39, 0.29) is 17.4 Å². The van der Waals surface area contributed by atoms with Gasteiger partial charge in [0.25, 0.3) is 17.6 Å². The van der Waals surface area contributed by atoms with Crippen molar-refractivity contribution >= 4 is 46.7 Å². The Kier molecular flexibility index (Phi) is 6.87. The monoisotopic (exact) mass is 499 g/mol. The van der Waals surface area contributed by atoms with Crippen LogP contribution < -0.4 is 10.6 Å². The van der Waals surface area contributed by atoms with E-state index < -0.39 is 0 Å². The zero-order chi connectivity index (χ0) is 25.1.